The van der Waals surface area contributed by atoms with Crippen molar-refractivity contribution in [3.63, 3.8) is 0 Å². The minimum Gasteiger partial charge on any atom is -0.394 e. The molecule has 5 aliphatic carbocycles. The zero-order valence-electron chi connectivity index (χ0n) is 39.3. The fraction of sp³-hybridized carbons (Fsp3) is 0.958. The molecule has 9 aliphatic rings. The van der Waals surface area contributed by atoms with Gasteiger partial charge in [0.25, 0.3) is 0 Å². The number of allylic oxidation sites excluding steroid dienone is 1. The van der Waals surface area contributed by atoms with Gasteiger partial charge >= 0.3 is 0 Å². The minimum atomic E-state index is -1.75. The second-order valence-electron chi connectivity index (χ2n) is 24.0. The van der Waals surface area contributed by atoms with E-state index in [4.69, 9.17) is 33.2 Å². The van der Waals surface area contributed by atoms with Crippen LogP contribution in [0.15, 0.2) is 12.2 Å². The fourth-order valence-electron chi connectivity index (χ4n) is 15.7. The topological polar surface area (TPSA) is 267 Å². The van der Waals surface area contributed by atoms with Crippen molar-refractivity contribution in [2.24, 2.45) is 50.2 Å². The van der Waals surface area contributed by atoms with Gasteiger partial charge in [-0.05, 0) is 91.8 Å². The van der Waals surface area contributed by atoms with Gasteiger partial charge in [0.2, 0.25) is 0 Å². The Morgan fingerprint density at radius 1 is 0.631 bits per heavy atom. The maximum atomic E-state index is 12.2. The lowest BCUT2D eigenvalue weighted by molar-refractivity contribution is -0.374. The number of fused-ring (bicyclic) bond motifs is 4. The van der Waals surface area contributed by atoms with Crippen molar-refractivity contribution in [3.05, 3.63) is 12.2 Å². The highest BCUT2D eigenvalue weighted by Gasteiger charge is 2.79. The van der Waals surface area contributed by atoms with Gasteiger partial charge < -0.3 is 84.2 Å². The van der Waals surface area contributed by atoms with Crippen LogP contribution >= 0.6 is 0 Å². The van der Waals surface area contributed by atoms with Crippen LogP contribution in [0.4, 0.5) is 0 Å². The third kappa shape index (κ3) is 7.09. The molecule has 372 valence electrons. The quantitative estimate of drug-likeness (QED) is 0.118. The van der Waals surface area contributed by atoms with Crippen LogP contribution in [-0.4, -0.2) is 181 Å². The van der Waals surface area contributed by atoms with E-state index in [1.54, 1.807) is 0 Å². The Morgan fingerprint density at radius 2 is 1.28 bits per heavy atom. The molecule has 0 aromatic carbocycles. The first-order valence-electron chi connectivity index (χ1n) is 24.3. The first-order valence-corrected chi connectivity index (χ1v) is 24.3. The molecule has 4 aliphatic heterocycles. The molecule has 4 heterocycles. The molecule has 6 unspecified atom stereocenters. The van der Waals surface area contributed by atoms with Crippen LogP contribution < -0.4 is 0 Å². The predicted octanol–water partition coefficient (Wildman–Crippen LogP) is 0.629. The van der Waals surface area contributed by atoms with Crippen molar-refractivity contribution in [2.75, 3.05) is 19.8 Å². The van der Waals surface area contributed by atoms with Gasteiger partial charge in [-0.25, -0.2) is 0 Å². The van der Waals surface area contributed by atoms with E-state index < -0.39 is 129 Å². The van der Waals surface area contributed by atoms with Crippen LogP contribution in [0, 0.1) is 50.2 Å². The number of aliphatic hydroxyl groups excluding tert-OH is 10. The summed E-state index contributed by atoms with van der Waals surface area (Å²) in [4.78, 5) is 0. The number of hydrogen-bond donors (Lipinski definition) is 10. The summed E-state index contributed by atoms with van der Waals surface area (Å²) in [6.07, 6.45) is -12.0. The Hall–Kier alpha value is -0.940. The smallest absolute Gasteiger partial charge is 0.187 e. The van der Waals surface area contributed by atoms with E-state index in [1.165, 1.54) is 6.92 Å². The number of rotatable bonds is 8. The monoisotopic (exact) mass is 927 g/mol. The zero-order chi connectivity index (χ0) is 47.2. The molecule has 4 saturated carbocycles. The Balaban J connectivity index is 0.958. The van der Waals surface area contributed by atoms with Crippen LogP contribution in [0.25, 0.3) is 0 Å². The SMILES string of the molecule is CC1O[C@@H](O[C@@H]2C(CO[C@@H]3OC(CO)[C@@H](O)[C@H](O)C3O)O[C@@H](O[C@H]3CC[C@]4(C)[C@H]5C=C[C@]67OC[C@@]8(CCC(C)(C)C[C@H]86)[C@@H](O)C[C@@]7(C)[C@]5(C)CC[C@H]4C3(C)C)C(O)[C@H]2O)C(O)[C@@H](O)[C@H]1O. The lowest BCUT2D eigenvalue weighted by Gasteiger charge is -2.73. The second kappa shape index (κ2) is 16.6. The molecule has 0 amide bonds. The second-order valence-corrected chi connectivity index (χ2v) is 24.0. The summed E-state index contributed by atoms with van der Waals surface area (Å²) in [7, 11) is 0. The largest absolute Gasteiger partial charge is 0.394 e. The summed E-state index contributed by atoms with van der Waals surface area (Å²) in [5, 5.41) is 109. The molecular weight excluding hydrogens is 849 g/mol. The molecule has 0 aromatic heterocycles. The van der Waals surface area contributed by atoms with E-state index in [0.717, 1.165) is 38.5 Å². The highest BCUT2D eigenvalue weighted by Crippen LogP contribution is 2.79. The predicted molar refractivity (Wildman–Crippen MR) is 228 cm³/mol. The molecule has 10 N–H and O–H groups in total. The molecule has 65 heavy (non-hydrogen) atoms. The van der Waals surface area contributed by atoms with E-state index in [2.05, 4.69) is 60.6 Å². The zero-order valence-corrected chi connectivity index (χ0v) is 39.3. The molecular formula is C48H78O17. The molecule has 8 fully saturated rings. The molecule has 25 atom stereocenters. The van der Waals surface area contributed by atoms with Gasteiger partial charge in [-0.15, -0.1) is 0 Å². The average molecular weight is 927 g/mol. The fourth-order valence-corrected chi connectivity index (χ4v) is 15.7. The molecule has 0 radical (unpaired) electrons. The summed E-state index contributed by atoms with van der Waals surface area (Å²) < 4.78 is 43.5. The number of aliphatic hydroxyl groups is 10. The third-order valence-corrected chi connectivity index (χ3v) is 19.9. The summed E-state index contributed by atoms with van der Waals surface area (Å²) in [6.45, 7) is 17.2. The maximum Gasteiger partial charge on any atom is 0.187 e. The molecule has 1 spiro atoms. The Morgan fingerprint density at radius 3 is 1.98 bits per heavy atom. The Bertz CT molecular complexity index is 1780. The van der Waals surface area contributed by atoms with E-state index >= 15 is 0 Å². The molecule has 4 saturated heterocycles. The van der Waals surface area contributed by atoms with E-state index in [1.807, 2.05) is 0 Å². The van der Waals surface area contributed by atoms with Gasteiger partial charge in [-0.3, -0.25) is 0 Å². The van der Waals surface area contributed by atoms with Crippen LogP contribution in [0.3, 0.4) is 0 Å². The Labute approximate surface area is 382 Å². The van der Waals surface area contributed by atoms with Gasteiger partial charge in [0, 0.05) is 16.7 Å². The van der Waals surface area contributed by atoms with Gasteiger partial charge in [0.15, 0.2) is 18.9 Å². The molecule has 17 nitrogen and oxygen atoms in total. The standard InChI is InChI=1S/C48H78O17/c1-22-30(51)32(53)36(57)40(61-22)65-38-24(20-59-39-35(56)33(54)31(52)23(19-49)62-39)63-41(37(58)34(38)55)64-29-11-12-44(6)25(43(29,4)5)9-13-45(7)26(44)10-14-48-27-17-42(2,3)15-16-47(27,21-60-48)28(50)18-46(45,48)8/h10,14,22-41,49-58H,9,11-13,15-21H2,1-8H3/t22?,23?,24?,25-,26+,27+,28-,29-,30-,31+,32-,33-,34+,35?,36?,37?,38+,39+,40-,41-,44-,45+,46-,47+,48-/m0/s1. The number of ether oxygens (including phenoxy) is 7. The van der Waals surface area contributed by atoms with E-state index in [9.17, 15) is 51.1 Å². The van der Waals surface area contributed by atoms with Crippen molar-refractivity contribution in [1.29, 1.82) is 0 Å². The van der Waals surface area contributed by atoms with Gasteiger partial charge in [-0.2, -0.15) is 0 Å². The van der Waals surface area contributed by atoms with Gasteiger partial charge in [-0.1, -0.05) is 60.6 Å². The van der Waals surface area contributed by atoms with Crippen molar-refractivity contribution in [1.82, 2.24) is 0 Å². The first kappa shape index (κ1) is 49.1. The third-order valence-electron chi connectivity index (χ3n) is 19.9. The molecule has 2 bridgehead atoms. The lowest BCUT2D eigenvalue weighted by atomic mass is 9.32. The highest BCUT2D eigenvalue weighted by molar-refractivity contribution is 5.36. The molecule has 9 rings (SSSR count). The summed E-state index contributed by atoms with van der Waals surface area (Å²) in [5.74, 6) is 0.593. The van der Waals surface area contributed by atoms with Crippen LogP contribution in [0.5, 0.6) is 0 Å². The maximum absolute atomic E-state index is 12.2. The summed E-state index contributed by atoms with van der Waals surface area (Å²) in [5.41, 5.74) is -1.61. The summed E-state index contributed by atoms with van der Waals surface area (Å²) >= 11 is 0. The summed E-state index contributed by atoms with van der Waals surface area (Å²) in [6, 6.07) is 0. The van der Waals surface area contributed by atoms with Crippen LogP contribution in [-0.2, 0) is 33.2 Å². The van der Waals surface area contributed by atoms with Crippen molar-refractivity contribution < 1.29 is 84.2 Å². The van der Waals surface area contributed by atoms with Crippen LogP contribution in [0.2, 0.25) is 0 Å². The van der Waals surface area contributed by atoms with Gasteiger partial charge in [0.05, 0.1) is 43.7 Å². The van der Waals surface area contributed by atoms with Crippen molar-refractivity contribution in [3.8, 4) is 0 Å². The average Bonchev–Trinajstić information content (AvgIpc) is 3.52. The highest BCUT2D eigenvalue weighted by atomic mass is 16.8. The minimum absolute atomic E-state index is 0.163. The molecule has 17 heteroatoms. The first-order chi connectivity index (χ1) is 30.3. The van der Waals surface area contributed by atoms with Crippen molar-refractivity contribution >= 4 is 0 Å². The lowest BCUT2D eigenvalue weighted by Crippen LogP contribution is -2.72. The van der Waals surface area contributed by atoms with Crippen LogP contribution in [0.1, 0.15) is 107 Å². The van der Waals surface area contributed by atoms with Gasteiger partial charge in [0.1, 0.15) is 67.1 Å². The number of hydrogen-bond acceptors (Lipinski definition) is 17. The Kier molecular flexibility index (Phi) is 12.5. The van der Waals surface area contributed by atoms with E-state index in [-0.39, 0.29) is 44.8 Å². The van der Waals surface area contributed by atoms with Crippen molar-refractivity contribution in [2.45, 2.75) is 217 Å². The normalized spacial score (nSPS) is 58.0. The molecule has 0 aromatic rings. The van der Waals surface area contributed by atoms with E-state index in [0.29, 0.717) is 19.4 Å².